The van der Waals surface area contributed by atoms with Crippen LogP contribution in [-0.4, -0.2) is 106 Å². The van der Waals surface area contributed by atoms with Gasteiger partial charge in [0.2, 0.25) is 17.4 Å². The number of amides is 2. The third kappa shape index (κ3) is 9.16. The predicted molar refractivity (Wildman–Crippen MR) is 228 cm³/mol. The summed E-state index contributed by atoms with van der Waals surface area (Å²) in [5.74, 6) is 0.0376. The molecular formula is C48H53N5O7. The van der Waals surface area contributed by atoms with E-state index in [1.54, 1.807) is 17.0 Å². The van der Waals surface area contributed by atoms with Crippen molar-refractivity contribution < 1.29 is 29.3 Å². The average Bonchev–Trinajstić information content (AvgIpc) is 3.25. The number of carbonyl (C=O) groups is 3. The lowest BCUT2D eigenvalue weighted by Crippen LogP contribution is -2.66. The lowest BCUT2D eigenvalue weighted by Gasteiger charge is -2.50. The third-order valence-corrected chi connectivity index (χ3v) is 12.5. The number of aliphatic hydroxyl groups is 1. The predicted octanol–water partition coefficient (Wildman–Crippen LogP) is 4.48. The molecule has 4 N–H and O–H groups in total. The molecule has 4 aliphatic rings. The second-order valence-electron chi connectivity index (χ2n) is 16.6. The number of likely N-dealkylation sites (tertiary alicyclic amines) is 1. The number of phenolic OH excluding ortho intramolecular Hbond substituents is 1. The molecular weight excluding hydrogens is 759 g/mol. The molecule has 2 amide bonds. The summed E-state index contributed by atoms with van der Waals surface area (Å²) in [6.07, 6.45) is 2.18. The number of phenols is 1. The van der Waals surface area contributed by atoms with Gasteiger partial charge >= 0.3 is 5.97 Å². The number of piperidine rings is 3. The zero-order valence-corrected chi connectivity index (χ0v) is 33.8. The molecule has 0 saturated carbocycles. The first-order chi connectivity index (χ1) is 29.1. The number of esters is 1. The van der Waals surface area contributed by atoms with E-state index in [2.05, 4.69) is 15.2 Å². The highest BCUT2D eigenvalue weighted by Crippen LogP contribution is 2.39. The normalized spacial score (nSPS) is 19.7. The second kappa shape index (κ2) is 18.2. The highest BCUT2D eigenvalue weighted by atomic mass is 16.5. The minimum absolute atomic E-state index is 0.0183. The van der Waals surface area contributed by atoms with E-state index < -0.39 is 11.5 Å². The van der Waals surface area contributed by atoms with Gasteiger partial charge in [-0.05, 0) is 84.8 Å². The smallest absolute Gasteiger partial charge is 0.320 e. The number of aromatic hydroxyl groups is 1. The quantitative estimate of drug-likeness (QED) is 0.0835. The van der Waals surface area contributed by atoms with Crippen molar-refractivity contribution in [3.05, 3.63) is 147 Å². The Balaban J connectivity index is 0.840. The number of hydrogen-bond donors (Lipinski definition) is 4. The van der Waals surface area contributed by atoms with Crippen LogP contribution in [0.25, 0.3) is 10.9 Å². The van der Waals surface area contributed by atoms with Crippen LogP contribution in [0.3, 0.4) is 0 Å². The van der Waals surface area contributed by atoms with E-state index in [1.165, 1.54) is 12.1 Å². The Morgan fingerprint density at radius 1 is 0.850 bits per heavy atom. The molecule has 312 valence electrons. The maximum Gasteiger partial charge on any atom is 0.320 e. The van der Waals surface area contributed by atoms with Crippen molar-refractivity contribution in [1.29, 1.82) is 0 Å². The Hall–Kier alpha value is -5.82. The molecule has 0 spiro atoms. The number of hydrogen-bond acceptors (Lipinski definition) is 9. The molecule has 0 radical (unpaired) electrons. The summed E-state index contributed by atoms with van der Waals surface area (Å²) < 4.78 is 6.23. The van der Waals surface area contributed by atoms with Crippen molar-refractivity contribution in [2.75, 3.05) is 52.4 Å². The molecule has 2 bridgehead atoms. The van der Waals surface area contributed by atoms with E-state index in [-0.39, 0.29) is 73.2 Å². The fourth-order valence-corrected chi connectivity index (χ4v) is 9.00. The number of nitrogens with one attached hydrogen (secondary N) is 2. The summed E-state index contributed by atoms with van der Waals surface area (Å²) in [6, 6.07) is 33.2. The van der Waals surface area contributed by atoms with E-state index in [4.69, 9.17) is 4.74 Å². The number of aliphatic hydroxyl groups excluding tert-OH is 1. The zero-order chi connectivity index (χ0) is 41.6. The van der Waals surface area contributed by atoms with Gasteiger partial charge in [-0.3, -0.25) is 24.1 Å². The van der Waals surface area contributed by atoms with Gasteiger partial charge in [-0.1, -0.05) is 91.0 Å². The Morgan fingerprint density at radius 2 is 1.53 bits per heavy atom. The molecule has 0 unspecified atom stereocenters. The summed E-state index contributed by atoms with van der Waals surface area (Å²) in [5, 5.41) is 25.0. The molecule has 12 nitrogen and oxygen atoms in total. The first-order valence-corrected chi connectivity index (χ1v) is 21.1. The highest BCUT2D eigenvalue weighted by Gasteiger charge is 2.54. The number of benzene rings is 4. The van der Waals surface area contributed by atoms with Crippen molar-refractivity contribution in [2.45, 2.75) is 56.3 Å². The van der Waals surface area contributed by atoms with Crippen LogP contribution in [0.2, 0.25) is 0 Å². The molecule has 9 rings (SSSR count). The largest absolute Gasteiger partial charge is 0.506 e. The SMILES string of the molecule is O=C(Cc1ccc(CC(=O)N2CC(C(=O)O[C@H]3CN4CCC3CC4)(c3ccccc3)C2)cc1)N(CCCNC[C@H](O)c1ccc(O)c2[nH]c(=O)ccc12)Cc1ccccc1. The average molecular weight is 812 g/mol. The van der Waals surface area contributed by atoms with Crippen LogP contribution in [0.1, 0.15) is 53.2 Å². The first-order valence-electron chi connectivity index (χ1n) is 21.1. The number of pyridine rings is 1. The summed E-state index contributed by atoms with van der Waals surface area (Å²) >= 11 is 0. The second-order valence-corrected chi connectivity index (χ2v) is 16.6. The number of carbonyl (C=O) groups excluding carboxylic acids is 3. The molecule has 60 heavy (non-hydrogen) atoms. The van der Waals surface area contributed by atoms with Gasteiger partial charge in [0, 0.05) is 50.7 Å². The molecule has 4 fully saturated rings. The standard InChI is InChI=1S/C48H53N5O7/c54-40-18-16-38(39-17-19-43(56)50-46(39)40)41(55)28-49-22-7-23-52(29-35-8-3-1-4-9-35)44(57)26-33-12-14-34(15-13-33)27-45(58)53-31-48(32-53,37-10-5-2-6-11-37)47(59)60-42-30-51-24-20-36(42)21-25-51/h1-6,8-19,36,41-42,49,54-55H,7,20-32H2,(H,50,56)/t41-,42-/m0/s1. The first kappa shape index (κ1) is 40.9. The van der Waals surface area contributed by atoms with E-state index in [0.717, 1.165) is 54.7 Å². The molecule has 5 heterocycles. The number of aromatic amines is 1. The Labute approximate surface area is 349 Å². The third-order valence-electron chi connectivity index (χ3n) is 12.5. The van der Waals surface area contributed by atoms with Gasteiger partial charge < -0.3 is 35.1 Å². The van der Waals surface area contributed by atoms with Crippen LogP contribution in [0.15, 0.2) is 114 Å². The van der Waals surface area contributed by atoms with Gasteiger partial charge in [-0.25, -0.2) is 0 Å². The number of nitrogens with zero attached hydrogens (tertiary/aromatic N) is 3. The summed E-state index contributed by atoms with van der Waals surface area (Å²) in [6.45, 7) is 5.25. The molecule has 4 aromatic carbocycles. The molecule has 12 heteroatoms. The fourth-order valence-electron chi connectivity index (χ4n) is 9.00. The lowest BCUT2D eigenvalue weighted by atomic mass is 9.73. The lowest BCUT2D eigenvalue weighted by molar-refractivity contribution is -0.175. The zero-order valence-electron chi connectivity index (χ0n) is 33.8. The number of rotatable bonds is 16. The minimum atomic E-state index is -0.878. The van der Waals surface area contributed by atoms with Gasteiger partial charge in [0.25, 0.3) is 0 Å². The number of fused-ring (bicyclic) bond motifs is 4. The summed E-state index contributed by atoms with van der Waals surface area (Å²) in [5.41, 5.74) is 3.25. The van der Waals surface area contributed by atoms with Crippen molar-refractivity contribution in [1.82, 2.24) is 25.0 Å². The monoisotopic (exact) mass is 811 g/mol. The maximum absolute atomic E-state index is 13.9. The van der Waals surface area contributed by atoms with Gasteiger partial charge in [0.1, 0.15) is 17.3 Å². The van der Waals surface area contributed by atoms with Crippen LogP contribution in [0.5, 0.6) is 5.75 Å². The van der Waals surface area contributed by atoms with Crippen LogP contribution in [0.4, 0.5) is 0 Å². The Morgan fingerprint density at radius 3 is 2.22 bits per heavy atom. The van der Waals surface area contributed by atoms with Crippen molar-refractivity contribution in [3.8, 4) is 5.75 Å². The molecule has 0 aliphatic carbocycles. The highest BCUT2D eigenvalue weighted by molar-refractivity contribution is 5.90. The van der Waals surface area contributed by atoms with Crippen LogP contribution < -0.4 is 10.9 Å². The molecule has 1 aromatic heterocycles. The van der Waals surface area contributed by atoms with E-state index in [9.17, 15) is 29.4 Å². The molecule has 5 aromatic rings. The van der Waals surface area contributed by atoms with Crippen molar-refractivity contribution >= 4 is 28.7 Å². The van der Waals surface area contributed by atoms with Crippen LogP contribution in [0, 0.1) is 5.92 Å². The van der Waals surface area contributed by atoms with E-state index in [1.807, 2.05) is 89.8 Å². The summed E-state index contributed by atoms with van der Waals surface area (Å²) in [7, 11) is 0. The number of aromatic nitrogens is 1. The molecule has 4 saturated heterocycles. The van der Waals surface area contributed by atoms with E-state index >= 15 is 0 Å². The molecule has 4 aliphatic heterocycles. The van der Waals surface area contributed by atoms with Gasteiger partial charge in [-0.15, -0.1) is 0 Å². The van der Waals surface area contributed by atoms with Gasteiger partial charge in [0.15, 0.2) is 0 Å². The Bertz CT molecular complexity index is 2340. The number of H-pyrrole nitrogens is 1. The minimum Gasteiger partial charge on any atom is -0.506 e. The van der Waals surface area contributed by atoms with Crippen molar-refractivity contribution in [3.63, 3.8) is 0 Å². The maximum atomic E-state index is 13.9. The summed E-state index contributed by atoms with van der Waals surface area (Å²) in [4.78, 5) is 61.6. The Kier molecular flexibility index (Phi) is 12.4. The topological polar surface area (TPSA) is 156 Å². The van der Waals surface area contributed by atoms with Crippen molar-refractivity contribution in [2.24, 2.45) is 5.92 Å². The van der Waals surface area contributed by atoms with Gasteiger partial charge in [0.05, 0.1) is 24.5 Å². The van der Waals surface area contributed by atoms with Gasteiger partial charge in [-0.2, -0.15) is 0 Å². The van der Waals surface area contributed by atoms with Crippen LogP contribution >= 0.6 is 0 Å². The number of ether oxygens (including phenoxy) is 1. The van der Waals surface area contributed by atoms with E-state index in [0.29, 0.717) is 42.9 Å². The van der Waals surface area contributed by atoms with Crippen LogP contribution in [-0.2, 0) is 43.9 Å². The molecule has 2 atom stereocenters. The fraction of sp³-hybridized carbons (Fsp3) is 0.375.